The summed E-state index contributed by atoms with van der Waals surface area (Å²) in [5, 5.41) is 10.4. The van der Waals surface area contributed by atoms with Crippen LogP contribution < -0.4 is 0 Å². The van der Waals surface area contributed by atoms with E-state index in [-0.39, 0.29) is 0 Å². The summed E-state index contributed by atoms with van der Waals surface area (Å²) in [5.41, 5.74) is 2.26. The number of fused-ring (bicyclic) bond motifs is 1. The summed E-state index contributed by atoms with van der Waals surface area (Å²) in [7, 11) is 0. The van der Waals surface area contributed by atoms with E-state index in [4.69, 9.17) is 16.9 Å². The van der Waals surface area contributed by atoms with E-state index >= 15 is 0 Å². The van der Waals surface area contributed by atoms with Crippen molar-refractivity contribution in [2.24, 2.45) is 0 Å². The summed E-state index contributed by atoms with van der Waals surface area (Å²) in [5.74, 6) is 0. The molecule has 2 rings (SSSR count). The van der Waals surface area contributed by atoms with E-state index in [9.17, 15) is 0 Å². The Hall–Kier alpha value is -1.59. The van der Waals surface area contributed by atoms with Gasteiger partial charge in [0.2, 0.25) is 0 Å². The van der Waals surface area contributed by atoms with Crippen molar-refractivity contribution in [1.82, 2.24) is 4.98 Å². The summed E-state index contributed by atoms with van der Waals surface area (Å²) < 4.78 is 0. The van der Waals surface area contributed by atoms with Crippen LogP contribution in [0.5, 0.6) is 0 Å². The fraction of sp³-hybridized carbons (Fsp3) is 0.0909. The summed E-state index contributed by atoms with van der Waals surface area (Å²) in [6.45, 7) is 1.93. The lowest BCUT2D eigenvalue weighted by Gasteiger charge is -2.02. The van der Waals surface area contributed by atoms with Crippen LogP contribution in [0.15, 0.2) is 24.3 Å². The number of aryl methyl sites for hydroxylation is 1. The summed E-state index contributed by atoms with van der Waals surface area (Å²) >= 11 is 5.90. The number of hydrogen-bond donors (Lipinski definition) is 0. The molecule has 0 saturated carbocycles. The predicted molar refractivity (Wildman–Crippen MR) is 56.2 cm³/mol. The normalized spacial score (nSPS) is 10.1. The maximum absolute atomic E-state index is 8.70. The molecule has 0 spiro atoms. The number of pyridine rings is 1. The van der Waals surface area contributed by atoms with Gasteiger partial charge in [-0.15, -0.1) is 0 Å². The Morgan fingerprint density at radius 3 is 2.86 bits per heavy atom. The van der Waals surface area contributed by atoms with Crippen molar-refractivity contribution < 1.29 is 0 Å². The van der Waals surface area contributed by atoms with Crippen LogP contribution in [0.25, 0.3) is 10.9 Å². The Kier molecular flexibility index (Phi) is 2.11. The van der Waals surface area contributed by atoms with Gasteiger partial charge in [0.25, 0.3) is 0 Å². The van der Waals surface area contributed by atoms with Crippen LogP contribution >= 0.6 is 11.6 Å². The molecule has 14 heavy (non-hydrogen) atoms. The molecule has 0 atom stereocenters. The van der Waals surface area contributed by atoms with Crippen LogP contribution in [0.2, 0.25) is 5.02 Å². The minimum absolute atomic E-state index is 0.433. The zero-order valence-corrected chi connectivity index (χ0v) is 8.34. The topological polar surface area (TPSA) is 36.7 Å². The molecule has 0 aliphatic heterocycles. The third-order valence-electron chi connectivity index (χ3n) is 2.06. The Balaban J connectivity index is 2.84. The van der Waals surface area contributed by atoms with Gasteiger partial charge in [-0.2, -0.15) is 5.26 Å². The molecular weight excluding hydrogens is 196 g/mol. The van der Waals surface area contributed by atoms with Crippen LogP contribution in [0.4, 0.5) is 0 Å². The SMILES string of the molecule is Cc1cc(Cl)cc2ccc(C#N)nc12. The summed E-state index contributed by atoms with van der Waals surface area (Å²) in [6.07, 6.45) is 0. The van der Waals surface area contributed by atoms with Gasteiger partial charge >= 0.3 is 0 Å². The monoisotopic (exact) mass is 202 g/mol. The molecule has 0 aliphatic rings. The van der Waals surface area contributed by atoms with Gasteiger partial charge in [-0.3, -0.25) is 0 Å². The van der Waals surface area contributed by atoms with Crippen LogP contribution in [0, 0.1) is 18.3 Å². The lowest BCUT2D eigenvalue weighted by molar-refractivity contribution is 1.30. The average molecular weight is 203 g/mol. The molecule has 0 fully saturated rings. The van der Waals surface area contributed by atoms with Crippen LogP contribution in [0.3, 0.4) is 0 Å². The number of aromatic nitrogens is 1. The van der Waals surface area contributed by atoms with Crippen LogP contribution in [-0.4, -0.2) is 4.98 Å². The highest BCUT2D eigenvalue weighted by Gasteiger charge is 2.02. The van der Waals surface area contributed by atoms with Gasteiger partial charge in [-0.1, -0.05) is 11.6 Å². The van der Waals surface area contributed by atoms with E-state index in [1.54, 1.807) is 6.07 Å². The molecular formula is C11H7ClN2. The highest BCUT2D eigenvalue weighted by atomic mass is 35.5. The predicted octanol–water partition coefficient (Wildman–Crippen LogP) is 3.07. The minimum atomic E-state index is 0.433. The lowest BCUT2D eigenvalue weighted by atomic mass is 10.1. The first-order chi connectivity index (χ1) is 6.70. The van der Waals surface area contributed by atoms with E-state index in [0.717, 1.165) is 16.5 Å². The molecule has 1 heterocycles. The van der Waals surface area contributed by atoms with Gasteiger partial charge < -0.3 is 0 Å². The first-order valence-electron chi connectivity index (χ1n) is 4.18. The maximum atomic E-state index is 8.70. The molecule has 2 nitrogen and oxygen atoms in total. The summed E-state index contributed by atoms with van der Waals surface area (Å²) in [4.78, 5) is 4.21. The van der Waals surface area contributed by atoms with Gasteiger partial charge in [0.05, 0.1) is 5.52 Å². The first kappa shape index (κ1) is 8.98. The van der Waals surface area contributed by atoms with Gasteiger partial charge in [0.1, 0.15) is 11.8 Å². The van der Waals surface area contributed by atoms with Crippen molar-refractivity contribution in [1.29, 1.82) is 5.26 Å². The lowest BCUT2D eigenvalue weighted by Crippen LogP contribution is -1.87. The number of benzene rings is 1. The van der Waals surface area contributed by atoms with Gasteiger partial charge in [0.15, 0.2) is 0 Å². The molecule has 0 N–H and O–H groups in total. The van der Waals surface area contributed by atoms with Crippen LogP contribution in [-0.2, 0) is 0 Å². The highest BCUT2D eigenvalue weighted by molar-refractivity contribution is 6.31. The van der Waals surface area contributed by atoms with Crippen molar-refractivity contribution in [3.05, 3.63) is 40.5 Å². The molecule has 1 aromatic heterocycles. The van der Waals surface area contributed by atoms with Gasteiger partial charge in [-0.05, 0) is 36.8 Å². The highest BCUT2D eigenvalue weighted by Crippen LogP contribution is 2.21. The number of rotatable bonds is 0. The van der Waals surface area contributed by atoms with E-state index in [2.05, 4.69) is 4.98 Å². The van der Waals surface area contributed by atoms with E-state index in [1.165, 1.54) is 0 Å². The third kappa shape index (κ3) is 1.43. The third-order valence-corrected chi connectivity index (χ3v) is 2.28. The Labute approximate surface area is 86.8 Å². The van der Waals surface area contributed by atoms with E-state index in [0.29, 0.717) is 10.7 Å². The molecule has 3 heteroatoms. The van der Waals surface area contributed by atoms with Crippen LogP contribution in [0.1, 0.15) is 11.3 Å². The number of halogens is 1. The zero-order valence-electron chi connectivity index (χ0n) is 7.58. The van der Waals surface area contributed by atoms with Crippen molar-refractivity contribution in [2.45, 2.75) is 6.92 Å². The van der Waals surface area contributed by atoms with Crippen molar-refractivity contribution in [2.75, 3.05) is 0 Å². The second-order valence-corrected chi connectivity index (χ2v) is 3.54. The molecule has 0 radical (unpaired) electrons. The molecule has 0 unspecified atom stereocenters. The van der Waals surface area contributed by atoms with E-state index < -0.39 is 0 Å². The second kappa shape index (κ2) is 3.28. The largest absolute Gasteiger partial charge is 0.237 e. The smallest absolute Gasteiger partial charge is 0.141 e. The van der Waals surface area contributed by atoms with Crippen molar-refractivity contribution >= 4 is 22.5 Å². The van der Waals surface area contributed by atoms with Crippen molar-refractivity contribution in [3.8, 4) is 6.07 Å². The van der Waals surface area contributed by atoms with Gasteiger partial charge in [0, 0.05) is 10.4 Å². The standard InChI is InChI=1S/C11H7ClN2/c1-7-4-9(12)5-8-2-3-10(6-13)14-11(7)8/h2-5H,1H3. The Morgan fingerprint density at radius 1 is 1.36 bits per heavy atom. The zero-order chi connectivity index (χ0) is 10.1. The maximum Gasteiger partial charge on any atom is 0.141 e. The fourth-order valence-electron chi connectivity index (χ4n) is 1.43. The molecule has 68 valence electrons. The average Bonchev–Trinajstić information content (AvgIpc) is 2.17. The Bertz CT molecular complexity index is 541. The Morgan fingerprint density at radius 2 is 2.14 bits per heavy atom. The number of nitriles is 1. The molecule has 0 amide bonds. The molecule has 2 aromatic rings. The minimum Gasteiger partial charge on any atom is -0.237 e. The van der Waals surface area contributed by atoms with Crippen molar-refractivity contribution in [3.63, 3.8) is 0 Å². The first-order valence-corrected chi connectivity index (χ1v) is 4.55. The number of hydrogen-bond acceptors (Lipinski definition) is 2. The molecule has 1 aromatic carbocycles. The second-order valence-electron chi connectivity index (χ2n) is 3.10. The quantitative estimate of drug-likeness (QED) is 0.658. The fourth-order valence-corrected chi connectivity index (χ4v) is 1.71. The number of nitrogens with zero attached hydrogens (tertiary/aromatic N) is 2. The van der Waals surface area contributed by atoms with E-state index in [1.807, 2.05) is 31.2 Å². The molecule has 0 bridgehead atoms. The molecule has 0 aliphatic carbocycles. The molecule has 0 saturated heterocycles. The van der Waals surface area contributed by atoms with Gasteiger partial charge in [-0.25, -0.2) is 4.98 Å². The summed E-state index contributed by atoms with van der Waals surface area (Å²) in [6, 6.07) is 9.26.